The molecule has 0 aliphatic heterocycles. The monoisotopic (exact) mass is 329 g/mol. The number of aliphatic hydroxyl groups is 1. The average Bonchev–Trinajstić information content (AvgIpc) is 2.61. The highest BCUT2D eigenvalue weighted by Gasteiger charge is 2.11. The summed E-state index contributed by atoms with van der Waals surface area (Å²) in [5, 5.41) is 10.4. The van der Waals surface area contributed by atoms with Crippen LogP contribution in [0.1, 0.15) is 38.4 Å². The molecule has 0 aliphatic carbocycles. The zero-order chi connectivity index (χ0) is 16.5. The molecule has 0 bridgehead atoms. The lowest BCUT2D eigenvalue weighted by Crippen LogP contribution is -2.25. The Morgan fingerprint density at radius 2 is 1.70 bits per heavy atom. The second-order valence-corrected chi connectivity index (χ2v) is 6.81. The first kappa shape index (κ1) is 17.9. The van der Waals surface area contributed by atoms with Crippen molar-refractivity contribution in [3.63, 3.8) is 0 Å². The van der Waals surface area contributed by atoms with Crippen molar-refractivity contribution in [2.45, 2.75) is 37.7 Å². The number of anilines is 1. The Morgan fingerprint density at radius 1 is 1.00 bits per heavy atom. The third kappa shape index (κ3) is 5.60. The number of aliphatic hydroxyl groups excluding tert-OH is 1. The SMILES string of the molecule is CCCSc1ccc(C(O)CCN(CC)c2ccccc2)cc1. The van der Waals surface area contributed by atoms with Gasteiger partial charge in [0.05, 0.1) is 6.10 Å². The van der Waals surface area contributed by atoms with Gasteiger partial charge in [-0.05, 0) is 55.3 Å². The van der Waals surface area contributed by atoms with Gasteiger partial charge in [0.25, 0.3) is 0 Å². The first-order valence-corrected chi connectivity index (χ1v) is 9.44. The molecule has 1 atom stereocenters. The van der Waals surface area contributed by atoms with E-state index in [1.807, 2.05) is 17.8 Å². The molecule has 0 spiro atoms. The topological polar surface area (TPSA) is 23.5 Å². The number of para-hydroxylation sites is 1. The van der Waals surface area contributed by atoms with Crippen LogP contribution in [0.3, 0.4) is 0 Å². The highest BCUT2D eigenvalue weighted by Crippen LogP contribution is 2.24. The van der Waals surface area contributed by atoms with Gasteiger partial charge in [-0.2, -0.15) is 0 Å². The van der Waals surface area contributed by atoms with Gasteiger partial charge >= 0.3 is 0 Å². The van der Waals surface area contributed by atoms with Crippen molar-refractivity contribution in [3.8, 4) is 0 Å². The minimum absolute atomic E-state index is 0.405. The summed E-state index contributed by atoms with van der Waals surface area (Å²) in [6, 6.07) is 18.7. The number of rotatable bonds is 9. The highest BCUT2D eigenvalue weighted by atomic mass is 32.2. The summed E-state index contributed by atoms with van der Waals surface area (Å²) >= 11 is 1.87. The molecule has 0 fully saturated rings. The Morgan fingerprint density at radius 3 is 2.30 bits per heavy atom. The lowest BCUT2D eigenvalue weighted by Gasteiger charge is -2.24. The molecule has 1 N–H and O–H groups in total. The van der Waals surface area contributed by atoms with Gasteiger partial charge in [-0.1, -0.05) is 37.3 Å². The molecule has 2 aromatic carbocycles. The van der Waals surface area contributed by atoms with E-state index in [2.05, 4.69) is 67.3 Å². The van der Waals surface area contributed by atoms with Crippen molar-refractivity contribution in [1.29, 1.82) is 0 Å². The normalized spacial score (nSPS) is 12.1. The molecule has 3 heteroatoms. The molecule has 1 unspecified atom stereocenters. The van der Waals surface area contributed by atoms with Gasteiger partial charge in [-0.15, -0.1) is 11.8 Å². The summed E-state index contributed by atoms with van der Waals surface area (Å²) in [4.78, 5) is 3.58. The summed E-state index contributed by atoms with van der Waals surface area (Å²) in [7, 11) is 0. The van der Waals surface area contributed by atoms with E-state index in [1.54, 1.807) is 0 Å². The second kappa shape index (κ2) is 9.64. The third-order valence-electron chi connectivity index (χ3n) is 3.91. The average molecular weight is 330 g/mol. The van der Waals surface area contributed by atoms with Gasteiger partial charge in [0, 0.05) is 23.7 Å². The van der Waals surface area contributed by atoms with Crippen molar-refractivity contribution < 1.29 is 5.11 Å². The predicted molar refractivity (Wildman–Crippen MR) is 101 cm³/mol. The Labute approximate surface area is 144 Å². The minimum atomic E-state index is -0.405. The second-order valence-electron chi connectivity index (χ2n) is 5.64. The fraction of sp³-hybridized carbons (Fsp3) is 0.400. The van der Waals surface area contributed by atoms with E-state index in [-0.39, 0.29) is 0 Å². The number of hydrogen-bond acceptors (Lipinski definition) is 3. The Balaban J connectivity index is 1.89. The van der Waals surface area contributed by atoms with E-state index in [0.717, 1.165) is 30.8 Å². The number of benzene rings is 2. The van der Waals surface area contributed by atoms with Gasteiger partial charge in [0.15, 0.2) is 0 Å². The molecule has 0 saturated heterocycles. The minimum Gasteiger partial charge on any atom is -0.388 e. The molecule has 23 heavy (non-hydrogen) atoms. The smallest absolute Gasteiger partial charge is 0.0806 e. The van der Waals surface area contributed by atoms with Gasteiger partial charge in [-0.3, -0.25) is 0 Å². The molecule has 0 radical (unpaired) electrons. The molecular formula is C20H27NOS. The first-order valence-electron chi connectivity index (χ1n) is 8.45. The number of thioether (sulfide) groups is 1. The maximum atomic E-state index is 10.4. The molecule has 0 amide bonds. The fourth-order valence-electron chi connectivity index (χ4n) is 2.56. The summed E-state index contributed by atoms with van der Waals surface area (Å²) in [5.74, 6) is 1.14. The number of hydrogen-bond donors (Lipinski definition) is 1. The van der Waals surface area contributed by atoms with Gasteiger partial charge in [0.2, 0.25) is 0 Å². The van der Waals surface area contributed by atoms with Crippen LogP contribution in [0.5, 0.6) is 0 Å². The summed E-state index contributed by atoms with van der Waals surface area (Å²) in [6.45, 7) is 6.15. The van der Waals surface area contributed by atoms with Crippen LogP contribution < -0.4 is 4.90 Å². The third-order valence-corrected chi connectivity index (χ3v) is 5.13. The van der Waals surface area contributed by atoms with E-state index < -0.39 is 6.10 Å². The Bertz CT molecular complexity index is 556. The number of nitrogens with zero attached hydrogens (tertiary/aromatic N) is 1. The summed E-state index contributed by atoms with van der Waals surface area (Å²) in [6.07, 6.45) is 1.52. The zero-order valence-electron chi connectivity index (χ0n) is 14.1. The van der Waals surface area contributed by atoms with E-state index in [0.29, 0.717) is 0 Å². The van der Waals surface area contributed by atoms with E-state index in [9.17, 15) is 5.11 Å². The molecule has 0 aromatic heterocycles. The van der Waals surface area contributed by atoms with Crippen LogP contribution in [0, 0.1) is 0 Å². The van der Waals surface area contributed by atoms with Crippen LogP contribution in [0.25, 0.3) is 0 Å². The quantitative estimate of drug-likeness (QED) is 0.644. The molecule has 0 saturated carbocycles. The van der Waals surface area contributed by atoms with E-state index in [1.165, 1.54) is 17.0 Å². The molecule has 0 heterocycles. The molecule has 2 nitrogen and oxygen atoms in total. The largest absolute Gasteiger partial charge is 0.388 e. The van der Waals surface area contributed by atoms with E-state index >= 15 is 0 Å². The Hall–Kier alpha value is -1.45. The van der Waals surface area contributed by atoms with Crippen molar-refractivity contribution in [2.75, 3.05) is 23.7 Å². The standard InChI is InChI=1S/C20H27NOS/c1-3-16-23-19-12-10-17(11-13-19)20(22)14-15-21(4-2)18-8-6-5-7-9-18/h5-13,20,22H,3-4,14-16H2,1-2H3. The van der Waals surface area contributed by atoms with E-state index in [4.69, 9.17) is 0 Å². The van der Waals surface area contributed by atoms with Crippen molar-refractivity contribution in [1.82, 2.24) is 0 Å². The molecular weight excluding hydrogens is 302 g/mol. The van der Waals surface area contributed by atoms with Crippen LogP contribution in [0.4, 0.5) is 5.69 Å². The summed E-state index contributed by atoms with van der Waals surface area (Å²) < 4.78 is 0. The van der Waals surface area contributed by atoms with Crippen molar-refractivity contribution in [2.24, 2.45) is 0 Å². The van der Waals surface area contributed by atoms with Gasteiger partial charge in [0.1, 0.15) is 0 Å². The maximum Gasteiger partial charge on any atom is 0.0806 e. The van der Waals surface area contributed by atoms with Gasteiger partial charge in [-0.25, -0.2) is 0 Å². The predicted octanol–water partition coefficient (Wildman–Crippen LogP) is 5.14. The van der Waals surface area contributed by atoms with Crippen molar-refractivity contribution >= 4 is 17.4 Å². The lowest BCUT2D eigenvalue weighted by molar-refractivity contribution is 0.169. The fourth-order valence-corrected chi connectivity index (χ4v) is 3.33. The lowest BCUT2D eigenvalue weighted by atomic mass is 10.1. The van der Waals surface area contributed by atoms with Crippen LogP contribution in [-0.4, -0.2) is 23.9 Å². The summed E-state index contributed by atoms with van der Waals surface area (Å²) in [5.41, 5.74) is 2.23. The van der Waals surface area contributed by atoms with Crippen LogP contribution in [0.15, 0.2) is 59.5 Å². The zero-order valence-corrected chi connectivity index (χ0v) is 14.9. The maximum absolute atomic E-state index is 10.4. The van der Waals surface area contributed by atoms with Gasteiger partial charge < -0.3 is 10.0 Å². The molecule has 0 aliphatic rings. The van der Waals surface area contributed by atoms with Crippen LogP contribution in [0.2, 0.25) is 0 Å². The van der Waals surface area contributed by atoms with Crippen LogP contribution >= 0.6 is 11.8 Å². The molecule has 2 rings (SSSR count). The Kier molecular flexibility index (Phi) is 7.50. The van der Waals surface area contributed by atoms with Crippen molar-refractivity contribution in [3.05, 3.63) is 60.2 Å². The molecule has 124 valence electrons. The molecule has 2 aromatic rings. The van der Waals surface area contributed by atoms with Crippen LogP contribution in [-0.2, 0) is 0 Å². The first-order chi connectivity index (χ1) is 11.2. The highest BCUT2D eigenvalue weighted by molar-refractivity contribution is 7.99.